The Morgan fingerprint density at radius 3 is 2.81 bits per heavy atom. The average molecular weight is 372 g/mol. The molecule has 1 amide bonds. The summed E-state index contributed by atoms with van der Waals surface area (Å²) in [6.45, 7) is 5.16. The first-order chi connectivity index (χ1) is 13.2. The van der Waals surface area contributed by atoms with E-state index in [9.17, 15) is 4.79 Å². The molecule has 2 aliphatic rings. The minimum Gasteiger partial charge on any atom is -0.420 e. The van der Waals surface area contributed by atoms with Gasteiger partial charge in [0.15, 0.2) is 0 Å². The van der Waals surface area contributed by atoms with Gasteiger partial charge in [-0.1, -0.05) is 0 Å². The molecule has 2 aliphatic heterocycles. The standard InChI is InChI=1S/C19H24N4O4/c1-2-25-12-16(24)23-11-15(19(13-23)5-9-26-10-6-19)18-22-21-17(27-18)14-3-7-20-8-4-14/h3-4,7-8,15H,2,5-6,9-13H2,1H3. The van der Waals surface area contributed by atoms with Crippen LogP contribution >= 0.6 is 0 Å². The number of likely N-dealkylation sites (tertiary alicyclic amines) is 1. The lowest BCUT2D eigenvalue weighted by Gasteiger charge is -2.36. The minimum atomic E-state index is -0.0812. The summed E-state index contributed by atoms with van der Waals surface area (Å²) in [6, 6.07) is 3.68. The van der Waals surface area contributed by atoms with Crippen LogP contribution in [0.25, 0.3) is 11.5 Å². The van der Waals surface area contributed by atoms with E-state index in [1.54, 1.807) is 12.4 Å². The van der Waals surface area contributed by atoms with E-state index in [2.05, 4.69) is 15.2 Å². The van der Waals surface area contributed by atoms with Crippen LogP contribution in [0.3, 0.4) is 0 Å². The molecule has 2 saturated heterocycles. The summed E-state index contributed by atoms with van der Waals surface area (Å²) in [5.74, 6) is 1.10. The summed E-state index contributed by atoms with van der Waals surface area (Å²) in [4.78, 5) is 18.4. The zero-order chi connectivity index (χ0) is 18.7. The SMILES string of the molecule is CCOCC(=O)N1CC(c2nnc(-c3ccncc3)o2)C2(CCOCC2)C1. The first-order valence-electron chi connectivity index (χ1n) is 9.39. The van der Waals surface area contributed by atoms with Crippen molar-refractivity contribution in [3.63, 3.8) is 0 Å². The van der Waals surface area contributed by atoms with Crippen molar-refractivity contribution >= 4 is 5.91 Å². The molecular formula is C19H24N4O4. The van der Waals surface area contributed by atoms with Crippen LogP contribution in [-0.4, -0.2) is 65.5 Å². The van der Waals surface area contributed by atoms with Gasteiger partial charge in [-0.3, -0.25) is 9.78 Å². The van der Waals surface area contributed by atoms with E-state index in [0.717, 1.165) is 18.4 Å². The maximum atomic E-state index is 12.5. The molecule has 0 radical (unpaired) electrons. The molecule has 2 fully saturated rings. The predicted octanol–water partition coefficient (Wildman–Crippen LogP) is 1.89. The predicted molar refractivity (Wildman–Crippen MR) is 95.8 cm³/mol. The molecule has 8 nitrogen and oxygen atoms in total. The second-order valence-electron chi connectivity index (χ2n) is 7.12. The quantitative estimate of drug-likeness (QED) is 0.791. The molecule has 8 heteroatoms. The Hall–Kier alpha value is -2.32. The van der Waals surface area contributed by atoms with Gasteiger partial charge in [0.2, 0.25) is 17.7 Å². The van der Waals surface area contributed by atoms with E-state index in [1.165, 1.54) is 0 Å². The Morgan fingerprint density at radius 2 is 2.07 bits per heavy atom. The Bertz CT molecular complexity index is 773. The van der Waals surface area contributed by atoms with Crippen molar-refractivity contribution in [2.75, 3.05) is 39.5 Å². The third kappa shape index (κ3) is 3.59. The van der Waals surface area contributed by atoms with E-state index >= 15 is 0 Å². The van der Waals surface area contributed by atoms with E-state index in [0.29, 0.717) is 44.7 Å². The fourth-order valence-corrected chi connectivity index (χ4v) is 4.05. The number of aromatic nitrogens is 3. The van der Waals surface area contributed by atoms with Gasteiger partial charge in [-0.2, -0.15) is 0 Å². The number of rotatable bonds is 5. The molecule has 0 aromatic carbocycles. The monoisotopic (exact) mass is 372 g/mol. The fraction of sp³-hybridized carbons (Fsp3) is 0.579. The normalized spacial score (nSPS) is 21.7. The van der Waals surface area contributed by atoms with Gasteiger partial charge in [0.1, 0.15) is 6.61 Å². The van der Waals surface area contributed by atoms with Crippen LogP contribution in [-0.2, 0) is 14.3 Å². The summed E-state index contributed by atoms with van der Waals surface area (Å²) in [5.41, 5.74) is 0.759. The lowest BCUT2D eigenvalue weighted by molar-refractivity contribution is -0.135. The number of carbonyl (C=O) groups is 1. The molecule has 0 bridgehead atoms. The highest BCUT2D eigenvalue weighted by atomic mass is 16.5. The fourth-order valence-electron chi connectivity index (χ4n) is 4.05. The van der Waals surface area contributed by atoms with Crippen molar-refractivity contribution in [1.29, 1.82) is 0 Å². The summed E-state index contributed by atoms with van der Waals surface area (Å²) >= 11 is 0. The number of hydrogen-bond donors (Lipinski definition) is 0. The van der Waals surface area contributed by atoms with Gasteiger partial charge < -0.3 is 18.8 Å². The lowest BCUT2D eigenvalue weighted by Crippen LogP contribution is -2.38. The first kappa shape index (κ1) is 18.1. The number of hydrogen-bond acceptors (Lipinski definition) is 7. The topological polar surface area (TPSA) is 90.6 Å². The van der Waals surface area contributed by atoms with Gasteiger partial charge in [0.25, 0.3) is 0 Å². The van der Waals surface area contributed by atoms with Crippen molar-refractivity contribution in [2.24, 2.45) is 5.41 Å². The van der Waals surface area contributed by atoms with Gasteiger partial charge in [-0.05, 0) is 31.9 Å². The van der Waals surface area contributed by atoms with E-state index in [4.69, 9.17) is 13.9 Å². The molecule has 144 valence electrons. The van der Waals surface area contributed by atoms with Gasteiger partial charge in [0.05, 0.1) is 5.92 Å². The van der Waals surface area contributed by atoms with Gasteiger partial charge >= 0.3 is 0 Å². The molecule has 0 N–H and O–H groups in total. The molecule has 4 heterocycles. The van der Waals surface area contributed by atoms with Gasteiger partial charge in [-0.15, -0.1) is 10.2 Å². The third-order valence-electron chi connectivity index (χ3n) is 5.58. The summed E-state index contributed by atoms with van der Waals surface area (Å²) < 4.78 is 16.9. The molecule has 2 aromatic heterocycles. The van der Waals surface area contributed by atoms with Gasteiger partial charge in [0, 0.05) is 56.3 Å². The maximum Gasteiger partial charge on any atom is 0.248 e. The Labute approximate surface area is 157 Å². The summed E-state index contributed by atoms with van der Waals surface area (Å²) in [7, 11) is 0. The molecular weight excluding hydrogens is 348 g/mol. The van der Waals surface area contributed by atoms with Crippen molar-refractivity contribution < 1.29 is 18.7 Å². The number of carbonyl (C=O) groups excluding carboxylic acids is 1. The third-order valence-corrected chi connectivity index (χ3v) is 5.58. The number of pyridine rings is 1. The van der Waals surface area contributed by atoms with Crippen molar-refractivity contribution in [3.05, 3.63) is 30.4 Å². The molecule has 0 aliphatic carbocycles. The van der Waals surface area contributed by atoms with Crippen molar-refractivity contribution in [2.45, 2.75) is 25.7 Å². The Balaban J connectivity index is 1.59. The largest absolute Gasteiger partial charge is 0.420 e. The highest BCUT2D eigenvalue weighted by molar-refractivity contribution is 5.78. The molecule has 1 unspecified atom stereocenters. The van der Waals surface area contributed by atoms with E-state index in [-0.39, 0.29) is 23.8 Å². The van der Waals surface area contributed by atoms with Crippen LogP contribution in [0.5, 0.6) is 0 Å². The molecule has 1 spiro atoms. The molecule has 27 heavy (non-hydrogen) atoms. The van der Waals surface area contributed by atoms with E-state index < -0.39 is 0 Å². The molecule has 4 rings (SSSR count). The van der Waals surface area contributed by atoms with Crippen molar-refractivity contribution in [1.82, 2.24) is 20.1 Å². The highest BCUT2D eigenvalue weighted by Gasteiger charge is 2.51. The van der Waals surface area contributed by atoms with Crippen LogP contribution < -0.4 is 0 Å². The van der Waals surface area contributed by atoms with E-state index in [1.807, 2.05) is 24.0 Å². The summed E-state index contributed by atoms with van der Waals surface area (Å²) in [5, 5.41) is 8.56. The molecule has 0 saturated carbocycles. The second kappa shape index (κ2) is 7.74. The Kier molecular flexibility index (Phi) is 5.18. The zero-order valence-electron chi connectivity index (χ0n) is 15.5. The first-order valence-corrected chi connectivity index (χ1v) is 9.39. The van der Waals surface area contributed by atoms with Crippen LogP contribution in [0.4, 0.5) is 0 Å². The number of nitrogens with zero attached hydrogens (tertiary/aromatic N) is 4. The number of ether oxygens (including phenoxy) is 2. The molecule has 2 aromatic rings. The Morgan fingerprint density at radius 1 is 1.30 bits per heavy atom. The minimum absolute atomic E-state index is 0.00932. The summed E-state index contributed by atoms with van der Waals surface area (Å²) in [6.07, 6.45) is 5.15. The highest BCUT2D eigenvalue weighted by Crippen LogP contribution is 2.49. The smallest absolute Gasteiger partial charge is 0.248 e. The number of amides is 1. The van der Waals surface area contributed by atoms with Crippen molar-refractivity contribution in [3.8, 4) is 11.5 Å². The van der Waals surface area contributed by atoms with Crippen LogP contribution in [0.2, 0.25) is 0 Å². The molecule has 1 atom stereocenters. The second-order valence-corrected chi connectivity index (χ2v) is 7.12. The van der Waals surface area contributed by atoms with Crippen LogP contribution in [0.15, 0.2) is 28.9 Å². The van der Waals surface area contributed by atoms with Gasteiger partial charge in [-0.25, -0.2) is 0 Å². The zero-order valence-corrected chi connectivity index (χ0v) is 15.5. The van der Waals surface area contributed by atoms with Crippen LogP contribution in [0.1, 0.15) is 31.6 Å². The maximum absolute atomic E-state index is 12.5. The lowest BCUT2D eigenvalue weighted by atomic mass is 9.72. The van der Waals surface area contributed by atoms with Crippen LogP contribution in [0, 0.1) is 5.41 Å². The average Bonchev–Trinajstić information content (AvgIpc) is 3.33.